The summed E-state index contributed by atoms with van der Waals surface area (Å²) in [4.78, 5) is 129. The summed E-state index contributed by atoms with van der Waals surface area (Å²) in [5, 5.41) is 21.4. The van der Waals surface area contributed by atoms with E-state index in [1.807, 2.05) is 110 Å². The first-order chi connectivity index (χ1) is 56.1. The van der Waals surface area contributed by atoms with Crippen LogP contribution in [0, 0.1) is 31.1 Å². The molecule has 32 heteroatoms. The lowest BCUT2D eigenvalue weighted by Gasteiger charge is -2.37. The van der Waals surface area contributed by atoms with Crippen molar-refractivity contribution in [3.8, 4) is 57.0 Å². The molecule has 115 heavy (non-hydrogen) atoms. The summed E-state index contributed by atoms with van der Waals surface area (Å²) in [6.45, 7) is 15.4. The van der Waals surface area contributed by atoms with Gasteiger partial charge in [-0.3, -0.25) is 55.0 Å². The quantitative estimate of drug-likeness (QED) is 0.0934. The molecule has 8 amide bonds. The summed E-state index contributed by atoms with van der Waals surface area (Å²) in [5.74, 6) is 4.45. The van der Waals surface area contributed by atoms with Crippen molar-refractivity contribution in [3.63, 3.8) is 0 Å². The molecule has 586 valence electrons. The maximum Gasteiger partial charge on any atom is 0.329 e. The Hall–Kier alpha value is -13.3. The Balaban J connectivity index is 0.000000111. The molecule has 1 saturated carbocycles. The number of hydrogen-bond acceptors (Lipinski definition) is 23. The number of urea groups is 4. The molecule has 6 fully saturated rings. The Labute approximate surface area is 663 Å². The predicted octanol–water partition coefficient (Wildman–Crippen LogP) is 10.4. The van der Waals surface area contributed by atoms with Gasteiger partial charge in [-0.05, 0) is 163 Å². The topological polar surface area (TPSA) is 348 Å². The Kier molecular flexibility index (Phi) is 21.0. The maximum absolute atomic E-state index is 13.2. The number of nitriles is 1. The number of hydrogen-bond donors (Lipinski definition) is 4. The van der Waals surface area contributed by atoms with Crippen LogP contribution in [0.5, 0.6) is 5.88 Å². The molecule has 8 bridgehead atoms. The minimum Gasteiger partial charge on any atom is -0.477 e. The van der Waals surface area contributed by atoms with Crippen molar-refractivity contribution >= 4 is 81.8 Å². The monoisotopic (exact) mass is 1550 g/mol. The SMILES string of the molecule is CCOc1ncc(-c2ccc3c(n2)N(C(=O)Nc2cnccn2)[C@H]2CCN3C2)cc1C#N.Cc1ccc(-c2ccc3c(n2)N(C(=O)NC2CCOCC2)[C@H]2CCN3C2)cn1.Cc1ccc(-c2ccc3c(n2)N(C(=O)NCC2CC2)[C@H]2CCN3C2)cn1.Cn1ccc(-c2ccc3c(n2)N(C(=O)Nc2cnccn2)[C@H]2CCN3C2)cc1=O. The highest BCUT2D eigenvalue weighted by Gasteiger charge is 2.45. The Morgan fingerprint density at radius 1 is 0.496 bits per heavy atom. The molecule has 4 atom stereocenters. The second-order valence-electron chi connectivity index (χ2n) is 30.1. The van der Waals surface area contributed by atoms with Crippen LogP contribution < -0.4 is 70.8 Å². The minimum atomic E-state index is -0.300. The molecule has 0 radical (unpaired) electrons. The number of nitrogens with one attached hydrogen (secondary N) is 4. The smallest absolute Gasteiger partial charge is 0.329 e. The van der Waals surface area contributed by atoms with Crippen LogP contribution in [0.25, 0.3) is 45.0 Å². The summed E-state index contributed by atoms with van der Waals surface area (Å²) >= 11 is 0. The zero-order chi connectivity index (χ0) is 78.8. The van der Waals surface area contributed by atoms with E-state index in [9.17, 15) is 29.2 Å². The summed E-state index contributed by atoms with van der Waals surface area (Å²) in [6, 6.07) is 31.2. The van der Waals surface area contributed by atoms with Gasteiger partial charge < -0.3 is 44.3 Å². The Morgan fingerprint density at radius 3 is 1.36 bits per heavy atom. The molecule has 20 rings (SSSR count). The second kappa shape index (κ2) is 32.4. The molecular formula is C83H87N25O7. The van der Waals surface area contributed by atoms with Crippen LogP contribution in [0.15, 0.2) is 158 Å². The van der Waals surface area contributed by atoms with Crippen LogP contribution >= 0.6 is 0 Å². The number of amides is 8. The van der Waals surface area contributed by atoms with Gasteiger partial charge in [0.05, 0.1) is 88.7 Å². The van der Waals surface area contributed by atoms with Gasteiger partial charge in [-0.1, -0.05) is 0 Å². The van der Waals surface area contributed by atoms with Crippen molar-refractivity contribution < 1.29 is 28.7 Å². The van der Waals surface area contributed by atoms with Gasteiger partial charge in [0.25, 0.3) is 5.56 Å². The van der Waals surface area contributed by atoms with E-state index in [0.717, 1.165) is 171 Å². The highest BCUT2D eigenvalue weighted by molar-refractivity contribution is 6.06. The van der Waals surface area contributed by atoms with Crippen molar-refractivity contribution in [2.75, 3.05) is 129 Å². The number of nitrogens with zero attached hydrogens (tertiary/aromatic N) is 21. The third-order valence-corrected chi connectivity index (χ3v) is 22.4. The maximum atomic E-state index is 13.2. The van der Waals surface area contributed by atoms with E-state index >= 15 is 0 Å². The Morgan fingerprint density at radius 2 is 0.939 bits per heavy atom. The number of rotatable bonds is 11. The number of anilines is 10. The lowest BCUT2D eigenvalue weighted by atomic mass is 10.1. The van der Waals surface area contributed by atoms with Gasteiger partial charge in [0.1, 0.15) is 11.6 Å². The minimum absolute atomic E-state index is 0.00335. The zero-order valence-corrected chi connectivity index (χ0v) is 64.3. The molecule has 10 aromatic rings. The fourth-order valence-electron chi connectivity index (χ4n) is 16.2. The van der Waals surface area contributed by atoms with Crippen LogP contribution in [0.1, 0.15) is 75.2 Å². The van der Waals surface area contributed by atoms with Gasteiger partial charge in [0.2, 0.25) is 5.88 Å². The van der Waals surface area contributed by atoms with Gasteiger partial charge in [0, 0.05) is 174 Å². The fourth-order valence-corrected chi connectivity index (χ4v) is 16.2. The molecular weight excluding hydrogens is 1460 g/mol. The first-order valence-electron chi connectivity index (χ1n) is 39.2. The average Bonchev–Trinajstić information content (AvgIpc) is 1.06. The van der Waals surface area contributed by atoms with E-state index in [4.69, 9.17) is 29.4 Å². The van der Waals surface area contributed by atoms with E-state index in [0.29, 0.717) is 77.4 Å². The largest absolute Gasteiger partial charge is 0.477 e. The molecule has 10 aromatic heterocycles. The number of ether oxygens (including phenoxy) is 2. The van der Waals surface area contributed by atoms with Crippen LogP contribution in [-0.4, -0.2) is 192 Å². The first kappa shape index (κ1) is 74.4. The molecule has 0 aromatic carbocycles. The third-order valence-electron chi connectivity index (χ3n) is 22.4. The number of carbonyl (C=O) groups is 4. The summed E-state index contributed by atoms with van der Waals surface area (Å²) in [7, 11) is 1.70. The number of fused-ring (bicyclic) bond motifs is 16. The van der Waals surface area contributed by atoms with E-state index in [-0.39, 0.29) is 59.9 Å². The molecule has 0 spiro atoms. The zero-order valence-electron chi connectivity index (χ0n) is 64.3. The number of carbonyl (C=O) groups excluding carboxylic acids is 4. The van der Waals surface area contributed by atoms with E-state index in [2.05, 4.69) is 94.0 Å². The number of aromatic nitrogens is 12. The van der Waals surface area contributed by atoms with Crippen LogP contribution in [0.4, 0.5) is 76.8 Å². The number of aryl methyl sites for hydroxylation is 3. The summed E-state index contributed by atoms with van der Waals surface area (Å²) < 4.78 is 12.3. The summed E-state index contributed by atoms with van der Waals surface area (Å²) in [6.07, 6.45) is 24.1. The number of pyridine rings is 8. The van der Waals surface area contributed by atoms with E-state index in [1.165, 1.54) is 42.2 Å². The van der Waals surface area contributed by atoms with Gasteiger partial charge >= 0.3 is 24.1 Å². The highest BCUT2D eigenvalue weighted by Crippen LogP contribution is 2.45. The molecule has 0 unspecified atom stereocenters. The average molecular weight is 1550 g/mol. The normalized spacial score (nSPS) is 18.8. The van der Waals surface area contributed by atoms with E-state index < -0.39 is 0 Å². The van der Waals surface area contributed by atoms with E-state index in [1.54, 1.807) is 53.8 Å². The molecule has 1 aliphatic carbocycles. The predicted molar refractivity (Wildman–Crippen MR) is 436 cm³/mol. The van der Waals surface area contributed by atoms with Crippen LogP contribution in [0.3, 0.4) is 0 Å². The lowest BCUT2D eigenvalue weighted by molar-refractivity contribution is 0.0803. The molecule has 5 saturated heterocycles. The van der Waals surface area contributed by atoms with Gasteiger partial charge in [0.15, 0.2) is 34.9 Å². The van der Waals surface area contributed by atoms with Gasteiger partial charge in [-0.15, -0.1) is 0 Å². The van der Waals surface area contributed by atoms with Crippen molar-refractivity contribution in [3.05, 3.63) is 180 Å². The van der Waals surface area contributed by atoms with Gasteiger partial charge in [-0.2, -0.15) is 5.26 Å². The lowest BCUT2D eigenvalue weighted by Crippen LogP contribution is -2.53. The fraction of sp³-hybridized carbons (Fsp3) is 0.361. The standard InChI is InChI=1S/C22H20N8O2.C21H25N5O2.C20H19N7O2.C20H23N5O/c1-2-32-21-14(10-23)9-15(11-26-21)17-3-4-18-20(27-17)30(16-5-8-29(18)13-16)22(31)28-19-12-24-6-7-25-19;1-14-2-3-15(12-22-14)18-4-5-19-20(24-18)26(17-6-9-25(19)13-17)21(27)23-16-7-10-28-11-8-16;1-25-8-4-13(10-18(25)28)15-2-3-16-19(23-15)27(14-5-9-26(16)12-14)20(29)24-17-11-21-6-7-22-17;1-13-2-5-15(11-21-13)17-6-7-18-19(23-17)25(16-8-9-24(18)12-16)20(26)22-10-14-3-4-14/h3-4,6-7,9,11-12,16H,2,5,8,13H2,1H3,(H,25,28,31);2-5,12,16-17H,6-11,13H2,1H3,(H,23,27);2-4,6-8,10-11,14H,5,9,12H2,1H3,(H,22,24,29);2,5-7,11,14,16H,3-4,8-10,12H2,1H3,(H,22,26)/t16-;17-;14-;16-/m0000/s1. The van der Waals surface area contributed by atoms with Crippen molar-refractivity contribution in [2.45, 2.75) is 102 Å². The van der Waals surface area contributed by atoms with Crippen molar-refractivity contribution in [1.29, 1.82) is 5.26 Å². The van der Waals surface area contributed by atoms with Crippen LogP contribution in [0.2, 0.25) is 0 Å². The molecule has 9 aliphatic heterocycles. The van der Waals surface area contributed by atoms with Crippen LogP contribution in [-0.2, 0) is 11.8 Å². The van der Waals surface area contributed by atoms with Crippen molar-refractivity contribution in [2.24, 2.45) is 13.0 Å². The first-order valence-corrected chi connectivity index (χ1v) is 39.2. The molecule has 19 heterocycles. The highest BCUT2D eigenvalue weighted by atomic mass is 16.5. The second-order valence-corrected chi connectivity index (χ2v) is 30.1. The molecule has 10 aliphatic rings. The van der Waals surface area contributed by atoms with Gasteiger partial charge in [-0.25, -0.2) is 54.1 Å². The Bertz CT molecular complexity index is 5400. The molecule has 4 N–H and O–H groups in total. The van der Waals surface area contributed by atoms with Crippen molar-refractivity contribution in [1.82, 2.24) is 70.0 Å². The summed E-state index contributed by atoms with van der Waals surface area (Å²) in [5.41, 5.74) is 12.4. The molecule has 32 nitrogen and oxygen atoms in total. The third kappa shape index (κ3) is 15.7.